The highest BCUT2D eigenvalue weighted by molar-refractivity contribution is 7.98. The van der Waals surface area contributed by atoms with Crippen molar-refractivity contribution in [1.29, 1.82) is 0 Å². The van der Waals surface area contributed by atoms with Gasteiger partial charge in [-0.1, -0.05) is 42.1 Å². The number of halogens is 3. The molecule has 30 heavy (non-hydrogen) atoms. The number of hydrogen-bond donors (Lipinski definition) is 0. The molecule has 2 aromatic carbocycles. The van der Waals surface area contributed by atoms with E-state index in [-0.39, 0.29) is 6.10 Å². The highest BCUT2D eigenvalue weighted by Gasteiger charge is 2.30. The molecule has 160 valence electrons. The third-order valence-corrected chi connectivity index (χ3v) is 5.94. The number of rotatable bonds is 7. The molecule has 1 heterocycles. The summed E-state index contributed by atoms with van der Waals surface area (Å²) in [5, 5.41) is 9.19. The van der Waals surface area contributed by atoms with Crippen LogP contribution in [0, 0.1) is 13.8 Å². The summed E-state index contributed by atoms with van der Waals surface area (Å²) in [6, 6.07) is 11.3. The van der Waals surface area contributed by atoms with Gasteiger partial charge >= 0.3 is 6.18 Å². The van der Waals surface area contributed by atoms with Crippen LogP contribution in [-0.4, -0.2) is 14.8 Å². The minimum Gasteiger partial charge on any atom is -0.482 e. The lowest BCUT2D eigenvalue weighted by molar-refractivity contribution is -0.137. The van der Waals surface area contributed by atoms with Gasteiger partial charge in [-0.2, -0.15) is 13.2 Å². The van der Waals surface area contributed by atoms with Crippen molar-refractivity contribution in [3.8, 4) is 5.75 Å². The molecule has 1 atom stereocenters. The van der Waals surface area contributed by atoms with E-state index < -0.39 is 11.7 Å². The molecule has 3 rings (SSSR count). The number of aryl methyl sites for hydroxylation is 1. The van der Waals surface area contributed by atoms with Crippen molar-refractivity contribution >= 4 is 11.8 Å². The number of thioether (sulfide) groups is 1. The Hall–Kier alpha value is -2.48. The van der Waals surface area contributed by atoms with Gasteiger partial charge in [0.1, 0.15) is 5.75 Å². The normalized spacial score (nSPS) is 12.8. The van der Waals surface area contributed by atoms with Crippen molar-refractivity contribution in [2.75, 3.05) is 0 Å². The van der Waals surface area contributed by atoms with Crippen LogP contribution in [0.4, 0.5) is 13.2 Å². The Labute approximate surface area is 178 Å². The largest absolute Gasteiger partial charge is 0.482 e. The van der Waals surface area contributed by atoms with E-state index in [0.29, 0.717) is 28.8 Å². The van der Waals surface area contributed by atoms with Crippen LogP contribution in [-0.2, 0) is 18.5 Å². The number of nitrogens with zero attached hydrogens (tertiary/aromatic N) is 3. The van der Waals surface area contributed by atoms with Gasteiger partial charge in [0.15, 0.2) is 17.1 Å². The fraction of sp³-hybridized carbons (Fsp3) is 0.364. The fourth-order valence-electron chi connectivity index (χ4n) is 3.09. The number of hydrogen-bond acceptors (Lipinski definition) is 4. The summed E-state index contributed by atoms with van der Waals surface area (Å²) < 4.78 is 46.8. The summed E-state index contributed by atoms with van der Waals surface area (Å²) in [7, 11) is 0. The molecule has 4 nitrogen and oxygen atoms in total. The summed E-state index contributed by atoms with van der Waals surface area (Å²) in [4.78, 5) is 0. The van der Waals surface area contributed by atoms with Crippen molar-refractivity contribution in [3.05, 3.63) is 70.5 Å². The second-order valence-electron chi connectivity index (χ2n) is 7.03. The van der Waals surface area contributed by atoms with E-state index >= 15 is 0 Å². The lowest BCUT2D eigenvalue weighted by Gasteiger charge is -2.17. The monoisotopic (exact) mass is 435 g/mol. The molecule has 0 aliphatic carbocycles. The molecule has 0 fully saturated rings. The van der Waals surface area contributed by atoms with Gasteiger partial charge in [0.05, 0.1) is 5.56 Å². The number of aromatic nitrogens is 3. The first-order valence-electron chi connectivity index (χ1n) is 9.65. The predicted molar refractivity (Wildman–Crippen MR) is 112 cm³/mol. The SMILES string of the molecule is CCn1c(SCc2cccc(C(F)(F)F)c2)nnc1C(C)Oc1cccc(C)c1C. The van der Waals surface area contributed by atoms with Gasteiger partial charge in [-0.25, -0.2) is 0 Å². The van der Waals surface area contributed by atoms with Crippen LogP contribution in [0.5, 0.6) is 5.75 Å². The first-order valence-corrected chi connectivity index (χ1v) is 10.6. The number of alkyl halides is 3. The Balaban J connectivity index is 1.75. The maximum absolute atomic E-state index is 12.9. The second-order valence-corrected chi connectivity index (χ2v) is 7.97. The van der Waals surface area contributed by atoms with E-state index in [0.717, 1.165) is 22.9 Å². The van der Waals surface area contributed by atoms with Crippen molar-refractivity contribution in [1.82, 2.24) is 14.8 Å². The van der Waals surface area contributed by atoms with E-state index in [4.69, 9.17) is 4.74 Å². The molecule has 0 amide bonds. The van der Waals surface area contributed by atoms with E-state index in [1.54, 1.807) is 6.07 Å². The van der Waals surface area contributed by atoms with Gasteiger partial charge in [0, 0.05) is 12.3 Å². The smallest absolute Gasteiger partial charge is 0.416 e. The molecule has 0 bridgehead atoms. The fourth-order valence-corrected chi connectivity index (χ4v) is 4.04. The third-order valence-electron chi connectivity index (χ3n) is 4.91. The predicted octanol–water partition coefficient (Wildman–Crippen LogP) is 6.37. The van der Waals surface area contributed by atoms with Gasteiger partial charge in [-0.3, -0.25) is 0 Å². The third kappa shape index (κ3) is 4.98. The second kappa shape index (κ2) is 9.12. The molecule has 8 heteroatoms. The Morgan fingerprint density at radius 2 is 1.83 bits per heavy atom. The minimum absolute atomic E-state index is 0.319. The summed E-state index contributed by atoms with van der Waals surface area (Å²) in [6.07, 6.45) is -4.67. The number of benzene rings is 2. The zero-order chi connectivity index (χ0) is 21.9. The lowest BCUT2D eigenvalue weighted by atomic mass is 10.1. The Kier molecular flexibility index (Phi) is 6.75. The molecule has 1 unspecified atom stereocenters. The van der Waals surface area contributed by atoms with Crippen LogP contribution >= 0.6 is 11.8 Å². The van der Waals surface area contributed by atoms with Gasteiger partial charge < -0.3 is 9.30 Å². The zero-order valence-electron chi connectivity index (χ0n) is 17.3. The average molecular weight is 436 g/mol. The standard InChI is InChI=1S/C22H24F3N3OS/c1-5-28-20(16(4)29-19-11-6-8-14(2)15(19)3)26-27-21(28)30-13-17-9-7-10-18(12-17)22(23,24)25/h6-12,16H,5,13H2,1-4H3. The zero-order valence-corrected chi connectivity index (χ0v) is 18.1. The van der Waals surface area contributed by atoms with E-state index in [9.17, 15) is 13.2 Å². The van der Waals surface area contributed by atoms with E-state index in [2.05, 4.69) is 10.2 Å². The van der Waals surface area contributed by atoms with Crippen LogP contribution in [0.15, 0.2) is 47.6 Å². The summed E-state index contributed by atoms with van der Waals surface area (Å²) in [5.41, 5.74) is 2.16. The van der Waals surface area contributed by atoms with Crippen LogP contribution in [0.1, 0.15) is 48.0 Å². The average Bonchev–Trinajstić information content (AvgIpc) is 3.12. The van der Waals surface area contributed by atoms with Crippen LogP contribution in [0.3, 0.4) is 0 Å². The summed E-state index contributed by atoms with van der Waals surface area (Å²) >= 11 is 1.36. The number of ether oxygens (including phenoxy) is 1. The molecule has 0 saturated heterocycles. The first kappa shape index (κ1) is 22.2. The Morgan fingerprint density at radius 3 is 2.53 bits per heavy atom. The molecular formula is C22H24F3N3OS. The van der Waals surface area contributed by atoms with Gasteiger partial charge in [0.2, 0.25) is 0 Å². The maximum atomic E-state index is 12.9. The van der Waals surface area contributed by atoms with Gasteiger partial charge in [-0.15, -0.1) is 10.2 Å². The van der Waals surface area contributed by atoms with Gasteiger partial charge in [0.25, 0.3) is 0 Å². The van der Waals surface area contributed by atoms with Crippen LogP contribution in [0.25, 0.3) is 0 Å². The van der Waals surface area contributed by atoms with Crippen molar-refractivity contribution in [2.24, 2.45) is 0 Å². The van der Waals surface area contributed by atoms with Crippen molar-refractivity contribution in [3.63, 3.8) is 0 Å². The van der Waals surface area contributed by atoms with Crippen LogP contribution in [0.2, 0.25) is 0 Å². The Morgan fingerprint density at radius 1 is 1.10 bits per heavy atom. The molecule has 0 spiro atoms. The minimum atomic E-state index is -4.35. The quantitative estimate of drug-likeness (QED) is 0.405. The van der Waals surface area contributed by atoms with Crippen molar-refractivity contribution in [2.45, 2.75) is 57.4 Å². The molecule has 0 N–H and O–H groups in total. The highest BCUT2D eigenvalue weighted by Crippen LogP contribution is 2.32. The molecule has 3 aromatic rings. The molecule has 0 saturated carbocycles. The van der Waals surface area contributed by atoms with E-state index in [1.807, 2.05) is 50.5 Å². The van der Waals surface area contributed by atoms with Crippen molar-refractivity contribution < 1.29 is 17.9 Å². The lowest BCUT2D eigenvalue weighted by Crippen LogP contribution is -2.12. The first-order chi connectivity index (χ1) is 14.2. The highest BCUT2D eigenvalue weighted by atomic mass is 32.2. The molecular weight excluding hydrogens is 411 g/mol. The molecule has 0 radical (unpaired) electrons. The summed E-state index contributed by atoms with van der Waals surface area (Å²) in [6.45, 7) is 8.57. The maximum Gasteiger partial charge on any atom is 0.416 e. The topological polar surface area (TPSA) is 39.9 Å². The van der Waals surface area contributed by atoms with E-state index in [1.165, 1.54) is 23.9 Å². The van der Waals surface area contributed by atoms with Gasteiger partial charge in [-0.05, 0) is 56.5 Å². The molecule has 0 aliphatic rings. The molecule has 0 aliphatic heterocycles. The summed E-state index contributed by atoms with van der Waals surface area (Å²) in [5.74, 6) is 1.85. The Bertz CT molecular complexity index is 1020. The molecule has 1 aromatic heterocycles. The van der Waals surface area contributed by atoms with Crippen LogP contribution < -0.4 is 4.74 Å².